The van der Waals surface area contributed by atoms with Crippen LogP contribution in [0, 0.1) is 24.1 Å². The summed E-state index contributed by atoms with van der Waals surface area (Å²) in [4.78, 5) is 7.07. The highest BCUT2D eigenvalue weighted by atomic mass is 19.1. The van der Waals surface area contributed by atoms with Gasteiger partial charge in [-0.25, -0.2) is 9.37 Å². The third kappa shape index (κ3) is 2.26. The van der Waals surface area contributed by atoms with Crippen LogP contribution in [0.1, 0.15) is 17.0 Å². The van der Waals surface area contributed by atoms with Crippen molar-refractivity contribution >= 4 is 5.69 Å². The van der Waals surface area contributed by atoms with Gasteiger partial charge in [-0.2, -0.15) is 5.26 Å². The molecule has 0 radical (unpaired) electrons. The van der Waals surface area contributed by atoms with Gasteiger partial charge in [-0.1, -0.05) is 6.07 Å². The summed E-state index contributed by atoms with van der Waals surface area (Å²) < 4.78 is 13.3. The molecule has 4 nitrogen and oxygen atoms in total. The van der Waals surface area contributed by atoms with Crippen molar-refractivity contribution in [2.24, 2.45) is 0 Å². The number of aromatic nitrogens is 2. The van der Waals surface area contributed by atoms with E-state index in [0.717, 1.165) is 11.4 Å². The van der Waals surface area contributed by atoms with Gasteiger partial charge in [0.15, 0.2) is 0 Å². The highest BCUT2D eigenvalue weighted by Gasteiger charge is 2.08. The van der Waals surface area contributed by atoms with Crippen LogP contribution in [-0.4, -0.2) is 9.97 Å². The number of nitrogens with one attached hydrogen (secondary N) is 2. The van der Waals surface area contributed by atoms with Crippen LogP contribution in [0.4, 0.5) is 10.1 Å². The van der Waals surface area contributed by atoms with E-state index in [2.05, 4.69) is 15.3 Å². The minimum atomic E-state index is -0.517. The van der Waals surface area contributed by atoms with Crippen molar-refractivity contribution < 1.29 is 4.39 Å². The van der Waals surface area contributed by atoms with Crippen LogP contribution in [0.15, 0.2) is 24.5 Å². The zero-order valence-electron chi connectivity index (χ0n) is 9.29. The van der Waals surface area contributed by atoms with Crippen molar-refractivity contribution in [1.29, 1.82) is 5.26 Å². The largest absolute Gasteiger partial charge is 0.378 e. The number of H-pyrrole nitrogens is 1. The number of anilines is 1. The van der Waals surface area contributed by atoms with Gasteiger partial charge in [-0.15, -0.1) is 0 Å². The molecule has 1 aromatic carbocycles. The second-order valence-electron chi connectivity index (χ2n) is 3.60. The molecule has 0 saturated heterocycles. The van der Waals surface area contributed by atoms with Gasteiger partial charge in [-0.3, -0.25) is 0 Å². The zero-order valence-corrected chi connectivity index (χ0v) is 9.29. The molecule has 2 aromatic rings. The molecule has 1 heterocycles. The van der Waals surface area contributed by atoms with E-state index in [1.165, 1.54) is 6.07 Å². The molecule has 1 aromatic heterocycles. The lowest BCUT2D eigenvalue weighted by atomic mass is 10.2. The summed E-state index contributed by atoms with van der Waals surface area (Å²) in [6.45, 7) is 2.36. The van der Waals surface area contributed by atoms with E-state index in [-0.39, 0.29) is 5.56 Å². The number of rotatable bonds is 3. The number of benzene rings is 1. The van der Waals surface area contributed by atoms with Crippen LogP contribution < -0.4 is 5.32 Å². The van der Waals surface area contributed by atoms with Crippen molar-refractivity contribution in [1.82, 2.24) is 9.97 Å². The van der Waals surface area contributed by atoms with Crippen molar-refractivity contribution in [3.8, 4) is 6.07 Å². The predicted molar refractivity (Wildman–Crippen MR) is 61.8 cm³/mol. The Morgan fingerprint density at radius 2 is 2.35 bits per heavy atom. The maximum atomic E-state index is 13.3. The smallest absolute Gasteiger partial charge is 0.143 e. The quantitative estimate of drug-likeness (QED) is 0.850. The molecule has 86 valence electrons. The van der Waals surface area contributed by atoms with E-state index >= 15 is 0 Å². The van der Waals surface area contributed by atoms with Gasteiger partial charge < -0.3 is 10.3 Å². The number of hydrogen-bond acceptors (Lipinski definition) is 3. The molecular formula is C12H11FN4. The number of hydrogen-bond donors (Lipinski definition) is 2. The maximum Gasteiger partial charge on any atom is 0.143 e. The summed E-state index contributed by atoms with van der Waals surface area (Å²) in [7, 11) is 0. The standard InChI is InChI=1S/C12H11FN4/c1-8-12(17-7-16-8)6-15-11-4-2-3-10(13)9(11)5-14/h2-4,7,15H,6H2,1H3,(H,16,17). The minimum absolute atomic E-state index is 0.0284. The molecule has 5 heteroatoms. The van der Waals surface area contributed by atoms with Crippen LogP contribution in [0.3, 0.4) is 0 Å². The third-order valence-electron chi connectivity index (χ3n) is 2.51. The summed E-state index contributed by atoms with van der Waals surface area (Å²) in [6.07, 6.45) is 1.60. The van der Waals surface area contributed by atoms with E-state index in [9.17, 15) is 4.39 Å². The Morgan fingerprint density at radius 3 is 3.00 bits per heavy atom. The Kier molecular flexibility index (Phi) is 3.06. The van der Waals surface area contributed by atoms with Crippen LogP contribution in [-0.2, 0) is 6.54 Å². The lowest BCUT2D eigenvalue weighted by Crippen LogP contribution is -2.03. The number of aryl methyl sites for hydroxylation is 1. The lowest BCUT2D eigenvalue weighted by Gasteiger charge is -2.07. The molecule has 0 atom stereocenters. The summed E-state index contributed by atoms with van der Waals surface area (Å²) in [5.74, 6) is -0.517. The lowest BCUT2D eigenvalue weighted by molar-refractivity contribution is 0.624. The van der Waals surface area contributed by atoms with Gasteiger partial charge in [0.25, 0.3) is 0 Å². The van der Waals surface area contributed by atoms with Crippen molar-refractivity contribution in [2.75, 3.05) is 5.32 Å². The van der Waals surface area contributed by atoms with Crippen molar-refractivity contribution in [2.45, 2.75) is 13.5 Å². The van der Waals surface area contributed by atoms with Crippen molar-refractivity contribution in [3.05, 3.63) is 47.3 Å². The second-order valence-corrected chi connectivity index (χ2v) is 3.60. The molecule has 17 heavy (non-hydrogen) atoms. The first-order valence-corrected chi connectivity index (χ1v) is 5.13. The first-order valence-electron chi connectivity index (χ1n) is 5.13. The molecule has 0 aliphatic carbocycles. The fraction of sp³-hybridized carbons (Fsp3) is 0.167. The SMILES string of the molecule is Cc1[nH]cnc1CNc1cccc(F)c1C#N. The van der Waals surface area contributed by atoms with Crippen LogP contribution in [0.2, 0.25) is 0 Å². The zero-order chi connectivity index (χ0) is 12.3. The molecule has 0 aliphatic heterocycles. The highest BCUT2D eigenvalue weighted by Crippen LogP contribution is 2.18. The molecule has 2 N–H and O–H groups in total. The predicted octanol–water partition coefficient (Wildman–Crippen LogP) is 2.34. The molecular weight excluding hydrogens is 219 g/mol. The normalized spacial score (nSPS) is 9.94. The molecule has 0 saturated carbocycles. The van der Waals surface area contributed by atoms with Crippen LogP contribution in [0.25, 0.3) is 0 Å². The van der Waals surface area contributed by atoms with E-state index in [4.69, 9.17) is 5.26 Å². The molecule has 0 spiro atoms. The highest BCUT2D eigenvalue weighted by molar-refractivity contribution is 5.57. The average molecular weight is 230 g/mol. The van der Waals surface area contributed by atoms with Crippen molar-refractivity contribution in [3.63, 3.8) is 0 Å². The first kappa shape index (κ1) is 11.1. The summed E-state index contributed by atoms with van der Waals surface area (Å²) >= 11 is 0. The van der Waals surface area contributed by atoms with E-state index in [1.54, 1.807) is 18.5 Å². The molecule has 0 bridgehead atoms. The second kappa shape index (κ2) is 4.66. The van der Waals surface area contributed by atoms with E-state index in [1.807, 2.05) is 13.0 Å². The molecule has 2 rings (SSSR count). The van der Waals surface area contributed by atoms with Crippen LogP contribution >= 0.6 is 0 Å². The molecule has 0 aliphatic rings. The molecule has 0 unspecified atom stereocenters. The number of imidazole rings is 1. The Morgan fingerprint density at radius 1 is 1.53 bits per heavy atom. The summed E-state index contributed by atoms with van der Waals surface area (Å²) in [5.41, 5.74) is 2.31. The monoisotopic (exact) mass is 230 g/mol. The number of aromatic amines is 1. The third-order valence-corrected chi connectivity index (χ3v) is 2.51. The minimum Gasteiger partial charge on any atom is -0.378 e. The Hall–Kier alpha value is -2.35. The average Bonchev–Trinajstić information content (AvgIpc) is 2.72. The number of nitriles is 1. The molecule has 0 amide bonds. The topological polar surface area (TPSA) is 64.5 Å². The number of halogens is 1. The van der Waals surface area contributed by atoms with Gasteiger partial charge in [0.05, 0.1) is 24.3 Å². The van der Waals surface area contributed by atoms with E-state index < -0.39 is 5.82 Å². The summed E-state index contributed by atoms with van der Waals surface area (Å²) in [6, 6.07) is 6.35. The molecule has 0 fully saturated rings. The van der Waals surface area contributed by atoms with Gasteiger partial charge in [0.1, 0.15) is 17.4 Å². The van der Waals surface area contributed by atoms with E-state index in [0.29, 0.717) is 12.2 Å². The fourth-order valence-corrected chi connectivity index (χ4v) is 1.53. The van der Waals surface area contributed by atoms with Gasteiger partial charge >= 0.3 is 0 Å². The Balaban J connectivity index is 2.18. The summed E-state index contributed by atoms with van der Waals surface area (Å²) in [5, 5.41) is 11.9. The van der Waals surface area contributed by atoms with Crippen LogP contribution in [0.5, 0.6) is 0 Å². The van der Waals surface area contributed by atoms with Gasteiger partial charge in [0.2, 0.25) is 0 Å². The fourth-order valence-electron chi connectivity index (χ4n) is 1.53. The van der Waals surface area contributed by atoms with Gasteiger partial charge in [0, 0.05) is 5.69 Å². The number of nitrogens with zero attached hydrogens (tertiary/aromatic N) is 2. The first-order chi connectivity index (χ1) is 8.22. The Bertz CT molecular complexity index is 568. The maximum absolute atomic E-state index is 13.3. The van der Waals surface area contributed by atoms with Gasteiger partial charge in [-0.05, 0) is 19.1 Å². The Labute approximate surface area is 98.1 Å².